The van der Waals surface area contributed by atoms with Crippen LogP contribution in [-0.4, -0.2) is 52.1 Å². The summed E-state index contributed by atoms with van der Waals surface area (Å²) in [6.45, 7) is 6.06. The molecule has 112 valence electrons. The van der Waals surface area contributed by atoms with E-state index in [-0.39, 0.29) is 5.91 Å². The zero-order valence-corrected chi connectivity index (χ0v) is 13.4. The molecule has 7 heteroatoms. The Morgan fingerprint density at radius 1 is 1.38 bits per heavy atom. The lowest BCUT2D eigenvalue weighted by molar-refractivity contribution is 0.0629. The smallest absolute Gasteiger partial charge is 0.257 e. The molecule has 3 heterocycles. The van der Waals surface area contributed by atoms with Crippen molar-refractivity contribution in [3.63, 3.8) is 0 Å². The molecule has 1 amide bonds. The summed E-state index contributed by atoms with van der Waals surface area (Å²) < 4.78 is 0.828. The van der Waals surface area contributed by atoms with Gasteiger partial charge in [0.25, 0.3) is 5.91 Å². The average Bonchev–Trinajstić information content (AvgIpc) is 3.08. The maximum atomic E-state index is 12.4. The standard InChI is InChI=1S/C14H17ClN4OS/c1-10-12(8-16-17-10)14(20)19-6-4-18(5-7-19)9-11-2-3-13(15)21-11/h2-3,8H,4-7,9H2,1H3,(H,16,17). The molecule has 1 fully saturated rings. The third-order valence-electron chi connectivity index (χ3n) is 3.73. The molecule has 0 radical (unpaired) electrons. The van der Waals surface area contributed by atoms with Crippen molar-refractivity contribution in [2.45, 2.75) is 13.5 Å². The molecule has 0 aliphatic carbocycles. The number of aromatic amines is 1. The molecule has 21 heavy (non-hydrogen) atoms. The van der Waals surface area contributed by atoms with Crippen LogP contribution in [0.25, 0.3) is 0 Å². The van der Waals surface area contributed by atoms with E-state index in [4.69, 9.17) is 11.6 Å². The normalized spacial score (nSPS) is 16.4. The van der Waals surface area contributed by atoms with Crippen molar-refractivity contribution in [3.05, 3.63) is 38.8 Å². The molecule has 2 aromatic heterocycles. The fourth-order valence-electron chi connectivity index (χ4n) is 2.50. The number of piperazine rings is 1. The second-order valence-electron chi connectivity index (χ2n) is 5.18. The highest BCUT2D eigenvalue weighted by Gasteiger charge is 2.24. The van der Waals surface area contributed by atoms with Crippen molar-refractivity contribution in [1.29, 1.82) is 0 Å². The molecule has 1 aliphatic heterocycles. The molecule has 5 nitrogen and oxygen atoms in total. The first-order valence-electron chi connectivity index (χ1n) is 6.89. The van der Waals surface area contributed by atoms with Gasteiger partial charge in [0.05, 0.1) is 16.1 Å². The molecule has 1 aliphatic rings. The SMILES string of the molecule is Cc1[nH]ncc1C(=O)N1CCN(Cc2ccc(Cl)s2)CC1. The molecule has 0 unspecified atom stereocenters. The van der Waals surface area contributed by atoms with Crippen molar-refractivity contribution < 1.29 is 4.79 Å². The summed E-state index contributed by atoms with van der Waals surface area (Å²) >= 11 is 7.57. The quantitative estimate of drug-likeness (QED) is 0.943. The van der Waals surface area contributed by atoms with Crippen molar-refractivity contribution in [2.24, 2.45) is 0 Å². The summed E-state index contributed by atoms with van der Waals surface area (Å²) in [5, 5.41) is 6.73. The Bertz CT molecular complexity index is 630. The van der Waals surface area contributed by atoms with Crippen LogP contribution in [0.15, 0.2) is 18.3 Å². The number of carbonyl (C=O) groups excluding carboxylic acids is 1. The van der Waals surface area contributed by atoms with E-state index in [1.165, 1.54) is 4.88 Å². The van der Waals surface area contributed by atoms with E-state index >= 15 is 0 Å². The Labute approximate surface area is 132 Å². The second-order valence-corrected chi connectivity index (χ2v) is 6.98. The molecular formula is C14H17ClN4OS. The third-order valence-corrected chi connectivity index (χ3v) is 4.94. The van der Waals surface area contributed by atoms with Crippen LogP contribution in [0, 0.1) is 6.92 Å². The third kappa shape index (κ3) is 3.28. The highest BCUT2D eigenvalue weighted by molar-refractivity contribution is 7.16. The van der Waals surface area contributed by atoms with E-state index in [0.29, 0.717) is 5.56 Å². The highest BCUT2D eigenvalue weighted by Crippen LogP contribution is 2.23. The van der Waals surface area contributed by atoms with Gasteiger partial charge in [-0.05, 0) is 19.1 Å². The van der Waals surface area contributed by atoms with Gasteiger partial charge in [-0.25, -0.2) is 0 Å². The Balaban J connectivity index is 1.55. The largest absolute Gasteiger partial charge is 0.336 e. The lowest BCUT2D eigenvalue weighted by Crippen LogP contribution is -2.48. The molecule has 0 aromatic carbocycles. The van der Waals surface area contributed by atoms with Crippen LogP contribution in [-0.2, 0) is 6.54 Å². The van der Waals surface area contributed by atoms with Crippen LogP contribution < -0.4 is 0 Å². The van der Waals surface area contributed by atoms with Gasteiger partial charge in [-0.3, -0.25) is 14.8 Å². The van der Waals surface area contributed by atoms with Gasteiger partial charge in [0.15, 0.2) is 0 Å². The number of H-pyrrole nitrogens is 1. The van der Waals surface area contributed by atoms with Crippen LogP contribution in [0.5, 0.6) is 0 Å². The number of hydrogen-bond acceptors (Lipinski definition) is 4. The van der Waals surface area contributed by atoms with Gasteiger partial charge >= 0.3 is 0 Å². The maximum Gasteiger partial charge on any atom is 0.257 e. The summed E-state index contributed by atoms with van der Waals surface area (Å²) in [6, 6.07) is 4.00. The van der Waals surface area contributed by atoms with Crippen molar-refractivity contribution >= 4 is 28.8 Å². The summed E-state index contributed by atoms with van der Waals surface area (Å²) in [5.41, 5.74) is 1.50. The zero-order valence-electron chi connectivity index (χ0n) is 11.8. The molecule has 1 saturated heterocycles. The monoisotopic (exact) mass is 324 g/mol. The summed E-state index contributed by atoms with van der Waals surface area (Å²) in [6.07, 6.45) is 1.61. The molecule has 0 spiro atoms. The van der Waals surface area contributed by atoms with E-state index in [2.05, 4.69) is 21.2 Å². The first-order valence-corrected chi connectivity index (χ1v) is 8.09. The molecule has 0 bridgehead atoms. The Kier molecular flexibility index (Phi) is 4.28. The topological polar surface area (TPSA) is 52.2 Å². The van der Waals surface area contributed by atoms with E-state index in [0.717, 1.165) is 42.8 Å². The van der Waals surface area contributed by atoms with Gasteiger partial charge < -0.3 is 4.90 Å². The number of carbonyl (C=O) groups is 1. The summed E-state index contributed by atoms with van der Waals surface area (Å²) in [4.78, 5) is 17.9. The number of hydrogen-bond donors (Lipinski definition) is 1. The Morgan fingerprint density at radius 2 is 2.14 bits per heavy atom. The van der Waals surface area contributed by atoms with Gasteiger partial charge in [0.2, 0.25) is 0 Å². The molecule has 3 rings (SSSR count). The first kappa shape index (κ1) is 14.6. The predicted molar refractivity (Wildman–Crippen MR) is 83.8 cm³/mol. The minimum Gasteiger partial charge on any atom is -0.336 e. The lowest BCUT2D eigenvalue weighted by Gasteiger charge is -2.34. The van der Waals surface area contributed by atoms with E-state index < -0.39 is 0 Å². The Hall–Kier alpha value is -1.37. The number of halogens is 1. The van der Waals surface area contributed by atoms with Crippen LogP contribution >= 0.6 is 22.9 Å². The van der Waals surface area contributed by atoms with Crippen molar-refractivity contribution in [3.8, 4) is 0 Å². The number of nitrogens with zero attached hydrogens (tertiary/aromatic N) is 3. The van der Waals surface area contributed by atoms with Crippen molar-refractivity contribution in [1.82, 2.24) is 20.0 Å². The second kappa shape index (κ2) is 6.17. The van der Waals surface area contributed by atoms with Gasteiger partial charge in [-0.2, -0.15) is 5.10 Å². The molecule has 0 saturated carbocycles. The fourth-order valence-corrected chi connectivity index (χ4v) is 3.63. The van der Waals surface area contributed by atoms with Gasteiger partial charge in [0.1, 0.15) is 0 Å². The summed E-state index contributed by atoms with van der Waals surface area (Å²) in [5.74, 6) is 0.0695. The number of nitrogens with one attached hydrogen (secondary N) is 1. The van der Waals surface area contributed by atoms with Gasteiger partial charge in [0, 0.05) is 43.3 Å². The first-order chi connectivity index (χ1) is 10.1. The lowest BCUT2D eigenvalue weighted by atomic mass is 10.2. The van der Waals surface area contributed by atoms with E-state index in [9.17, 15) is 4.79 Å². The predicted octanol–water partition coefficient (Wildman–Crippen LogP) is 2.39. The number of aryl methyl sites for hydroxylation is 1. The van der Waals surface area contributed by atoms with Crippen LogP contribution in [0.3, 0.4) is 0 Å². The van der Waals surface area contributed by atoms with Crippen LogP contribution in [0.4, 0.5) is 0 Å². The molecule has 2 aromatic rings. The number of thiophene rings is 1. The maximum absolute atomic E-state index is 12.4. The van der Waals surface area contributed by atoms with E-state index in [1.54, 1.807) is 17.5 Å². The molecular weight excluding hydrogens is 308 g/mol. The minimum absolute atomic E-state index is 0.0695. The minimum atomic E-state index is 0.0695. The summed E-state index contributed by atoms with van der Waals surface area (Å²) in [7, 11) is 0. The van der Waals surface area contributed by atoms with Crippen LogP contribution in [0.1, 0.15) is 20.9 Å². The van der Waals surface area contributed by atoms with Crippen LogP contribution in [0.2, 0.25) is 4.34 Å². The average molecular weight is 325 g/mol. The number of aromatic nitrogens is 2. The molecule has 1 N–H and O–H groups in total. The van der Waals surface area contributed by atoms with E-state index in [1.807, 2.05) is 17.9 Å². The number of rotatable bonds is 3. The highest BCUT2D eigenvalue weighted by atomic mass is 35.5. The molecule has 0 atom stereocenters. The fraction of sp³-hybridized carbons (Fsp3) is 0.429. The zero-order chi connectivity index (χ0) is 14.8. The van der Waals surface area contributed by atoms with Crippen molar-refractivity contribution in [2.75, 3.05) is 26.2 Å². The van der Waals surface area contributed by atoms with Gasteiger partial charge in [-0.1, -0.05) is 11.6 Å². The van der Waals surface area contributed by atoms with Gasteiger partial charge in [-0.15, -0.1) is 11.3 Å². The number of amides is 1. The Morgan fingerprint density at radius 3 is 2.71 bits per heavy atom.